The summed E-state index contributed by atoms with van der Waals surface area (Å²) in [5, 5.41) is 11.3. The van der Waals surface area contributed by atoms with Crippen molar-refractivity contribution in [1.82, 2.24) is 15.5 Å². The summed E-state index contributed by atoms with van der Waals surface area (Å²) < 4.78 is 64.2. The number of rotatable bonds is 4. The summed E-state index contributed by atoms with van der Waals surface area (Å²) in [6, 6.07) is 14.6. The van der Waals surface area contributed by atoms with Crippen molar-refractivity contribution in [2.75, 3.05) is 6.61 Å². The molecular weight excluding hydrogens is 466 g/mol. The third kappa shape index (κ3) is 4.59. The number of halogens is 4. The van der Waals surface area contributed by atoms with Gasteiger partial charge < -0.3 is 14.8 Å². The van der Waals surface area contributed by atoms with E-state index in [1.807, 2.05) is 0 Å². The zero-order valence-electron chi connectivity index (χ0n) is 18.0. The van der Waals surface area contributed by atoms with Crippen LogP contribution in [0.4, 0.5) is 17.6 Å². The molecule has 0 spiro atoms. The average molecular weight is 483 g/mol. The average Bonchev–Trinajstić information content (AvgIpc) is 2.83. The second kappa shape index (κ2) is 8.86. The van der Waals surface area contributed by atoms with Gasteiger partial charge in [0.2, 0.25) is 0 Å². The summed E-state index contributed by atoms with van der Waals surface area (Å²) in [5.41, 5.74) is 0.130. The molecule has 0 radical (unpaired) electrons. The number of carbonyl (C=O) groups excluding carboxylic acids is 1. The van der Waals surface area contributed by atoms with Crippen LogP contribution in [-0.4, -0.2) is 22.7 Å². The maximum Gasteiger partial charge on any atom is 0.416 e. The fourth-order valence-corrected chi connectivity index (χ4v) is 3.92. The molecule has 3 aromatic carbocycles. The van der Waals surface area contributed by atoms with Gasteiger partial charge in [-0.2, -0.15) is 13.2 Å². The summed E-state index contributed by atoms with van der Waals surface area (Å²) in [4.78, 5) is 13.5. The van der Waals surface area contributed by atoms with Gasteiger partial charge in [-0.25, -0.2) is 4.39 Å². The smallest absolute Gasteiger partial charge is 0.416 e. The normalized spacial score (nSPS) is 15.3. The first-order valence-electron chi connectivity index (χ1n) is 10.6. The van der Waals surface area contributed by atoms with E-state index >= 15 is 0 Å². The van der Waals surface area contributed by atoms with E-state index in [4.69, 9.17) is 9.47 Å². The number of fused-ring (bicyclic) bond motifs is 2. The summed E-state index contributed by atoms with van der Waals surface area (Å²) in [6.07, 6.45) is -4.13. The number of aromatic nitrogens is 2. The van der Waals surface area contributed by atoms with Crippen LogP contribution in [0.25, 0.3) is 10.9 Å². The van der Waals surface area contributed by atoms with Crippen LogP contribution in [-0.2, 0) is 6.18 Å². The molecule has 6 nitrogen and oxygen atoms in total. The molecule has 35 heavy (non-hydrogen) atoms. The number of amides is 1. The Labute approximate surface area is 196 Å². The molecular formula is C25H17F4N3O3. The van der Waals surface area contributed by atoms with Crippen molar-refractivity contribution in [3.63, 3.8) is 0 Å². The highest BCUT2D eigenvalue weighted by atomic mass is 19.4. The van der Waals surface area contributed by atoms with Crippen LogP contribution in [0.5, 0.6) is 17.4 Å². The minimum atomic E-state index is -4.56. The second-order valence-electron chi connectivity index (χ2n) is 7.87. The van der Waals surface area contributed by atoms with Gasteiger partial charge in [-0.15, -0.1) is 10.2 Å². The molecule has 0 saturated carbocycles. The highest BCUT2D eigenvalue weighted by Crippen LogP contribution is 2.36. The standard InChI is InChI=1S/C25H17F4N3O3/c26-15-8-9-17-19(10-11-34-21(17)13-15)30-23(33)22-18-6-1-2-7-20(18)31-32-24(22)35-16-5-3-4-14(12-16)25(27,28)29/h1-9,12-13,19H,10-11H2,(H,30,33). The molecule has 1 atom stereocenters. The van der Waals surface area contributed by atoms with Crippen LogP contribution >= 0.6 is 0 Å². The van der Waals surface area contributed by atoms with Crippen molar-refractivity contribution in [2.45, 2.75) is 18.6 Å². The molecule has 1 N–H and O–H groups in total. The summed E-state index contributed by atoms with van der Waals surface area (Å²) in [6.45, 7) is 0.268. The Bertz CT molecular complexity index is 1420. The van der Waals surface area contributed by atoms with Gasteiger partial charge in [-0.1, -0.05) is 30.3 Å². The Morgan fingerprint density at radius 2 is 1.86 bits per heavy atom. The van der Waals surface area contributed by atoms with Crippen molar-refractivity contribution in [3.05, 3.63) is 89.2 Å². The maximum absolute atomic E-state index is 13.6. The minimum Gasteiger partial charge on any atom is -0.493 e. The predicted molar refractivity (Wildman–Crippen MR) is 118 cm³/mol. The first-order valence-corrected chi connectivity index (χ1v) is 10.6. The molecule has 0 saturated heterocycles. The maximum atomic E-state index is 13.6. The molecule has 1 unspecified atom stereocenters. The molecule has 5 rings (SSSR count). The van der Waals surface area contributed by atoms with E-state index in [0.29, 0.717) is 28.6 Å². The molecule has 10 heteroatoms. The van der Waals surface area contributed by atoms with E-state index in [-0.39, 0.29) is 23.8 Å². The number of nitrogens with zero attached hydrogens (tertiary/aromatic N) is 2. The number of alkyl halides is 3. The Hall–Kier alpha value is -4.21. The van der Waals surface area contributed by atoms with Gasteiger partial charge in [0.15, 0.2) is 0 Å². The van der Waals surface area contributed by atoms with Crippen LogP contribution in [0.15, 0.2) is 66.7 Å². The van der Waals surface area contributed by atoms with E-state index in [1.54, 1.807) is 24.3 Å². The lowest BCUT2D eigenvalue weighted by Gasteiger charge is -2.27. The minimum absolute atomic E-state index is 0.0168. The molecule has 1 amide bonds. The summed E-state index contributed by atoms with van der Waals surface area (Å²) in [5.74, 6) is -1.09. The lowest BCUT2D eigenvalue weighted by molar-refractivity contribution is -0.137. The monoisotopic (exact) mass is 483 g/mol. The van der Waals surface area contributed by atoms with Crippen LogP contribution < -0.4 is 14.8 Å². The fraction of sp³-hybridized carbons (Fsp3) is 0.160. The zero-order chi connectivity index (χ0) is 24.6. The van der Waals surface area contributed by atoms with Crippen molar-refractivity contribution < 1.29 is 31.8 Å². The van der Waals surface area contributed by atoms with Gasteiger partial charge in [0.1, 0.15) is 22.9 Å². The number of carbonyl (C=O) groups is 1. The first-order chi connectivity index (χ1) is 16.8. The van der Waals surface area contributed by atoms with E-state index < -0.39 is 29.5 Å². The molecule has 0 aliphatic carbocycles. The van der Waals surface area contributed by atoms with E-state index in [9.17, 15) is 22.4 Å². The van der Waals surface area contributed by atoms with E-state index in [1.165, 1.54) is 30.3 Å². The summed E-state index contributed by atoms with van der Waals surface area (Å²) in [7, 11) is 0. The van der Waals surface area contributed by atoms with Gasteiger partial charge in [-0.05, 0) is 30.3 Å². The van der Waals surface area contributed by atoms with E-state index in [0.717, 1.165) is 12.1 Å². The van der Waals surface area contributed by atoms with Crippen molar-refractivity contribution in [3.8, 4) is 17.4 Å². The van der Waals surface area contributed by atoms with Gasteiger partial charge in [-0.3, -0.25) is 4.79 Å². The largest absolute Gasteiger partial charge is 0.493 e. The molecule has 4 aromatic rings. The SMILES string of the molecule is O=C(NC1CCOc2cc(F)ccc21)c1c(Oc2cccc(C(F)(F)F)c2)nnc2ccccc12. The highest BCUT2D eigenvalue weighted by molar-refractivity contribution is 6.08. The number of benzene rings is 3. The Morgan fingerprint density at radius 3 is 2.69 bits per heavy atom. The summed E-state index contributed by atoms with van der Waals surface area (Å²) >= 11 is 0. The molecule has 178 valence electrons. The molecule has 0 bridgehead atoms. The number of hydrogen-bond donors (Lipinski definition) is 1. The topological polar surface area (TPSA) is 73.3 Å². The van der Waals surface area contributed by atoms with Gasteiger partial charge in [0, 0.05) is 23.4 Å². The number of ether oxygens (including phenoxy) is 2. The third-order valence-electron chi connectivity index (χ3n) is 5.56. The quantitative estimate of drug-likeness (QED) is 0.370. The van der Waals surface area contributed by atoms with Crippen LogP contribution in [0.2, 0.25) is 0 Å². The van der Waals surface area contributed by atoms with E-state index in [2.05, 4.69) is 15.5 Å². The van der Waals surface area contributed by atoms with Crippen molar-refractivity contribution >= 4 is 16.8 Å². The zero-order valence-corrected chi connectivity index (χ0v) is 18.0. The van der Waals surface area contributed by atoms with Gasteiger partial charge >= 0.3 is 6.18 Å². The van der Waals surface area contributed by atoms with Crippen LogP contribution in [0.1, 0.15) is 33.9 Å². The van der Waals surface area contributed by atoms with Gasteiger partial charge in [0.05, 0.1) is 23.7 Å². The molecule has 2 heterocycles. The Kier molecular flexibility index (Phi) is 5.72. The van der Waals surface area contributed by atoms with Crippen LogP contribution in [0, 0.1) is 5.82 Å². The molecule has 1 aromatic heterocycles. The Balaban J connectivity index is 1.52. The van der Waals surface area contributed by atoms with Crippen LogP contribution in [0.3, 0.4) is 0 Å². The Morgan fingerprint density at radius 1 is 1.03 bits per heavy atom. The molecule has 1 aliphatic heterocycles. The van der Waals surface area contributed by atoms with Crippen molar-refractivity contribution in [2.24, 2.45) is 0 Å². The second-order valence-corrected chi connectivity index (χ2v) is 7.87. The number of hydrogen-bond acceptors (Lipinski definition) is 5. The fourth-order valence-electron chi connectivity index (χ4n) is 3.92. The number of nitrogens with one attached hydrogen (secondary N) is 1. The lowest BCUT2D eigenvalue weighted by Crippen LogP contribution is -2.32. The third-order valence-corrected chi connectivity index (χ3v) is 5.56. The van der Waals surface area contributed by atoms with Gasteiger partial charge in [0.25, 0.3) is 11.8 Å². The molecule has 0 fully saturated rings. The lowest BCUT2D eigenvalue weighted by atomic mass is 9.99. The predicted octanol–water partition coefficient (Wildman–Crippen LogP) is 5.83. The first kappa shape index (κ1) is 22.6. The molecule has 1 aliphatic rings. The van der Waals surface area contributed by atoms with Crippen molar-refractivity contribution in [1.29, 1.82) is 0 Å². The highest BCUT2D eigenvalue weighted by Gasteiger charge is 2.31.